The highest BCUT2D eigenvalue weighted by molar-refractivity contribution is 14.1. The van der Waals surface area contributed by atoms with Crippen molar-refractivity contribution in [3.8, 4) is 11.4 Å². The number of rotatable bonds is 2. The molecule has 110 valence electrons. The van der Waals surface area contributed by atoms with E-state index in [4.69, 9.17) is 4.98 Å². The fourth-order valence-electron chi connectivity index (χ4n) is 3.08. The number of hydrogen-bond donors (Lipinski definition) is 1. The summed E-state index contributed by atoms with van der Waals surface area (Å²) in [7, 11) is 0. The van der Waals surface area contributed by atoms with E-state index in [2.05, 4.69) is 47.5 Å². The lowest BCUT2D eigenvalue weighted by atomic mass is 10.0. The molecular formula is C17H19IN2O. The van der Waals surface area contributed by atoms with Gasteiger partial charge in [-0.3, -0.25) is 4.79 Å². The molecule has 0 aliphatic heterocycles. The van der Waals surface area contributed by atoms with E-state index in [1.807, 2.05) is 12.1 Å². The van der Waals surface area contributed by atoms with Crippen LogP contribution in [-0.2, 0) is 0 Å². The molecule has 1 aliphatic carbocycles. The quantitative estimate of drug-likeness (QED) is 0.772. The zero-order valence-corrected chi connectivity index (χ0v) is 14.5. The summed E-state index contributed by atoms with van der Waals surface area (Å²) in [6, 6.07) is 6.14. The van der Waals surface area contributed by atoms with Gasteiger partial charge in [0.25, 0.3) is 5.56 Å². The zero-order valence-electron chi connectivity index (χ0n) is 12.4. The molecule has 1 aromatic heterocycles. The molecule has 0 unspecified atom stereocenters. The third-order valence-corrected chi connectivity index (χ3v) is 5.53. The molecule has 3 rings (SSSR count). The van der Waals surface area contributed by atoms with Crippen molar-refractivity contribution in [3.05, 3.63) is 48.9 Å². The van der Waals surface area contributed by atoms with Crippen LogP contribution in [0.25, 0.3) is 11.4 Å². The predicted octanol–water partition coefficient (Wildman–Crippen LogP) is 4.32. The van der Waals surface area contributed by atoms with Gasteiger partial charge in [-0.2, -0.15) is 0 Å². The van der Waals surface area contributed by atoms with Crippen LogP contribution in [0, 0.1) is 17.4 Å². The minimum Gasteiger partial charge on any atom is -0.306 e. The number of benzene rings is 1. The van der Waals surface area contributed by atoms with Crippen LogP contribution in [0.15, 0.2) is 23.0 Å². The molecule has 4 heteroatoms. The number of nitrogens with zero attached hydrogens (tertiary/aromatic N) is 1. The summed E-state index contributed by atoms with van der Waals surface area (Å²) in [5, 5.41) is 0. The van der Waals surface area contributed by atoms with E-state index in [0.29, 0.717) is 11.7 Å². The Morgan fingerprint density at radius 3 is 2.67 bits per heavy atom. The first-order chi connectivity index (χ1) is 10.1. The van der Waals surface area contributed by atoms with Crippen molar-refractivity contribution in [3.63, 3.8) is 0 Å². The molecule has 1 N–H and O–H groups in total. The van der Waals surface area contributed by atoms with Crippen molar-refractivity contribution in [1.29, 1.82) is 0 Å². The highest BCUT2D eigenvalue weighted by Crippen LogP contribution is 2.35. The average Bonchev–Trinajstić information content (AvgIpc) is 2.99. The molecule has 0 bridgehead atoms. The molecule has 1 saturated carbocycles. The van der Waals surface area contributed by atoms with Gasteiger partial charge in [0.2, 0.25) is 0 Å². The summed E-state index contributed by atoms with van der Waals surface area (Å²) in [6.45, 7) is 4.17. The van der Waals surface area contributed by atoms with Gasteiger partial charge >= 0.3 is 0 Å². The van der Waals surface area contributed by atoms with Gasteiger partial charge in [0.05, 0.1) is 9.26 Å². The molecule has 1 fully saturated rings. The highest BCUT2D eigenvalue weighted by Gasteiger charge is 2.23. The number of H-pyrrole nitrogens is 1. The Balaban J connectivity index is 2.15. The SMILES string of the molecule is Cc1cccc(-c2nc(C3CCCC3)c(I)c(=O)[nH]2)c1C. The van der Waals surface area contributed by atoms with E-state index in [1.54, 1.807) is 0 Å². The van der Waals surface area contributed by atoms with Crippen LogP contribution in [0.5, 0.6) is 0 Å². The molecule has 21 heavy (non-hydrogen) atoms. The van der Waals surface area contributed by atoms with E-state index in [1.165, 1.54) is 24.0 Å². The van der Waals surface area contributed by atoms with Crippen LogP contribution in [0.2, 0.25) is 0 Å². The molecule has 1 aromatic carbocycles. The minimum absolute atomic E-state index is 0.0107. The third-order valence-electron chi connectivity index (χ3n) is 4.49. The van der Waals surface area contributed by atoms with Gasteiger partial charge in [-0.1, -0.05) is 31.0 Å². The third kappa shape index (κ3) is 2.78. The number of aromatic nitrogens is 2. The van der Waals surface area contributed by atoms with Crippen molar-refractivity contribution in [2.75, 3.05) is 0 Å². The van der Waals surface area contributed by atoms with Crippen molar-refractivity contribution in [2.24, 2.45) is 0 Å². The van der Waals surface area contributed by atoms with E-state index in [9.17, 15) is 4.79 Å². The summed E-state index contributed by atoms with van der Waals surface area (Å²) in [6.07, 6.45) is 4.79. The second-order valence-electron chi connectivity index (χ2n) is 5.84. The maximum absolute atomic E-state index is 12.3. The van der Waals surface area contributed by atoms with E-state index in [-0.39, 0.29) is 5.56 Å². The van der Waals surface area contributed by atoms with Crippen molar-refractivity contribution < 1.29 is 0 Å². The standard InChI is InChI=1S/C17H19IN2O/c1-10-6-5-9-13(11(10)2)16-19-15(12-7-3-4-8-12)14(18)17(21)20-16/h5-6,9,12H,3-4,7-8H2,1-2H3,(H,19,20,21). The molecule has 2 aromatic rings. The largest absolute Gasteiger partial charge is 0.306 e. The van der Waals surface area contributed by atoms with Crippen LogP contribution < -0.4 is 5.56 Å². The van der Waals surface area contributed by atoms with Gasteiger partial charge < -0.3 is 4.98 Å². The molecule has 3 nitrogen and oxygen atoms in total. The maximum Gasteiger partial charge on any atom is 0.264 e. The number of nitrogens with one attached hydrogen (secondary N) is 1. The van der Waals surface area contributed by atoms with Crippen LogP contribution >= 0.6 is 22.6 Å². The fraction of sp³-hybridized carbons (Fsp3) is 0.412. The van der Waals surface area contributed by atoms with E-state index in [0.717, 1.165) is 27.7 Å². The lowest BCUT2D eigenvalue weighted by Gasteiger charge is -2.14. The molecular weight excluding hydrogens is 375 g/mol. The van der Waals surface area contributed by atoms with Crippen molar-refractivity contribution >= 4 is 22.6 Å². The Bertz CT molecular complexity index is 730. The van der Waals surface area contributed by atoms with Gasteiger partial charge in [-0.15, -0.1) is 0 Å². The first kappa shape index (κ1) is 14.8. The molecule has 1 heterocycles. The van der Waals surface area contributed by atoms with Crippen molar-refractivity contribution in [2.45, 2.75) is 45.4 Å². The van der Waals surface area contributed by atoms with Crippen LogP contribution in [0.1, 0.15) is 48.4 Å². The normalized spacial score (nSPS) is 15.6. The second-order valence-corrected chi connectivity index (χ2v) is 6.92. The van der Waals surface area contributed by atoms with Crippen LogP contribution in [0.4, 0.5) is 0 Å². The summed E-state index contributed by atoms with van der Waals surface area (Å²) < 4.78 is 0.758. The first-order valence-electron chi connectivity index (χ1n) is 7.44. The Morgan fingerprint density at radius 1 is 1.24 bits per heavy atom. The Labute approximate surface area is 138 Å². The Hall–Kier alpha value is -1.17. The topological polar surface area (TPSA) is 45.8 Å². The molecule has 0 atom stereocenters. The summed E-state index contributed by atoms with van der Waals surface area (Å²) >= 11 is 2.14. The van der Waals surface area contributed by atoms with Gasteiger partial charge in [0.1, 0.15) is 5.82 Å². The Morgan fingerprint density at radius 2 is 1.95 bits per heavy atom. The van der Waals surface area contributed by atoms with E-state index >= 15 is 0 Å². The smallest absolute Gasteiger partial charge is 0.264 e. The average molecular weight is 394 g/mol. The summed E-state index contributed by atoms with van der Waals surface area (Å²) in [5.41, 5.74) is 4.41. The van der Waals surface area contributed by atoms with Gasteiger partial charge in [-0.05, 0) is 60.4 Å². The zero-order chi connectivity index (χ0) is 15.0. The molecule has 0 spiro atoms. The van der Waals surface area contributed by atoms with Crippen molar-refractivity contribution in [1.82, 2.24) is 9.97 Å². The highest BCUT2D eigenvalue weighted by atomic mass is 127. The monoisotopic (exact) mass is 394 g/mol. The van der Waals surface area contributed by atoms with Gasteiger partial charge in [-0.25, -0.2) is 4.98 Å². The number of aromatic amines is 1. The molecule has 0 radical (unpaired) electrons. The number of halogens is 1. The van der Waals surface area contributed by atoms with Gasteiger partial charge in [0.15, 0.2) is 0 Å². The first-order valence-corrected chi connectivity index (χ1v) is 8.52. The van der Waals surface area contributed by atoms with Crippen LogP contribution in [0.3, 0.4) is 0 Å². The van der Waals surface area contributed by atoms with Crippen LogP contribution in [-0.4, -0.2) is 9.97 Å². The number of hydrogen-bond acceptors (Lipinski definition) is 2. The van der Waals surface area contributed by atoms with Gasteiger partial charge in [0, 0.05) is 11.5 Å². The lowest BCUT2D eigenvalue weighted by Crippen LogP contribution is -2.18. The fourth-order valence-corrected chi connectivity index (χ4v) is 3.78. The molecule has 0 saturated heterocycles. The number of aryl methyl sites for hydroxylation is 1. The molecule has 0 amide bonds. The molecule has 1 aliphatic rings. The van der Waals surface area contributed by atoms with E-state index < -0.39 is 0 Å². The maximum atomic E-state index is 12.3. The summed E-state index contributed by atoms with van der Waals surface area (Å²) in [4.78, 5) is 20.1. The predicted molar refractivity (Wildman–Crippen MR) is 93.7 cm³/mol. The summed E-state index contributed by atoms with van der Waals surface area (Å²) in [5.74, 6) is 1.16. The second kappa shape index (κ2) is 5.91. The minimum atomic E-state index is -0.0107. The Kier molecular flexibility index (Phi) is 4.15. The lowest BCUT2D eigenvalue weighted by molar-refractivity contribution is 0.687.